The van der Waals surface area contributed by atoms with Gasteiger partial charge in [0.05, 0.1) is 4.99 Å². The Balaban J connectivity index is 2.25. The highest BCUT2D eigenvalue weighted by molar-refractivity contribution is 7.80. The lowest BCUT2D eigenvalue weighted by Crippen LogP contribution is -2.36. The number of aryl methyl sites for hydroxylation is 1. The Morgan fingerprint density at radius 2 is 2.05 bits per heavy atom. The second kappa shape index (κ2) is 8.64. The van der Waals surface area contributed by atoms with Gasteiger partial charge in [-0.3, -0.25) is 4.79 Å². The van der Waals surface area contributed by atoms with Gasteiger partial charge in [0.15, 0.2) is 0 Å². The van der Waals surface area contributed by atoms with E-state index in [4.69, 9.17) is 18.0 Å². The minimum absolute atomic E-state index is 0.0710. The van der Waals surface area contributed by atoms with Crippen LogP contribution in [0, 0.1) is 0 Å². The minimum Gasteiger partial charge on any atom is -0.393 e. The summed E-state index contributed by atoms with van der Waals surface area (Å²) in [6, 6.07) is 10.3. The third-order valence-corrected chi connectivity index (χ3v) is 3.18. The Morgan fingerprint density at radius 1 is 1.37 bits per heavy atom. The number of thiocarbonyl (C=S) groups is 1. The lowest BCUT2D eigenvalue weighted by Gasteiger charge is -2.16. The molecule has 0 saturated heterocycles. The first-order chi connectivity index (χ1) is 9.11. The summed E-state index contributed by atoms with van der Waals surface area (Å²) >= 11 is 4.87. The molecule has 1 amide bonds. The van der Waals surface area contributed by atoms with Crippen molar-refractivity contribution in [1.82, 2.24) is 5.32 Å². The first-order valence-electron chi connectivity index (χ1n) is 6.73. The standard InChI is InChI=1S/C15H22N2OS/c1-2-13(11-14(16)19)17-15(18)10-6-9-12-7-4-3-5-8-12/h3-5,7-8,13H,2,6,9-11H2,1H3,(H2,16,19)(H,17,18). The number of nitrogens with two attached hydrogens (primary N) is 1. The van der Waals surface area contributed by atoms with Gasteiger partial charge in [-0.1, -0.05) is 49.5 Å². The number of hydrogen-bond donors (Lipinski definition) is 2. The van der Waals surface area contributed by atoms with E-state index in [2.05, 4.69) is 17.4 Å². The number of amides is 1. The molecule has 1 unspecified atom stereocenters. The molecule has 1 aromatic carbocycles. The molecule has 0 fully saturated rings. The van der Waals surface area contributed by atoms with Crippen molar-refractivity contribution >= 4 is 23.1 Å². The summed E-state index contributed by atoms with van der Waals surface area (Å²) in [5.41, 5.74) is 6.77. The molecule has 104 valence electrons. The first kappa shape index (κ1) is 15.6. The van der Waals surface area contributed by atoms with Gasteiger partial charge in [0, 0.05) is 18.9 Å². The van der Waals surface area contributed by atoms with E-state index in [-0.39, 0.29) is 11.9 Å². The van der Waals surface area contributed by atoms with E-state index in [1.54, 1.807) is 0 Å². The fourth-order valence-corrected chi connectivity index (χ4v) is 2.14. The number of carbonyl (C=O) groups excluding carboxylic acids is 1. The second-order valence-electron chi connectivity index (χ2n) is 4.68. The van der Waals surface area contributed by atoms with Crippen molar-refractivity contribution in [2.45, 2.75) is 45.1 Å². The quantitative estimate of drug-likeness (QED) is 0.719. The van der Waals surface area contributed by atoms with E-state index in [1.807, 2.05) is 25.1 Å². The van der Waals surface area contributed by atoms with Crippen LogP contribution in [0.1, 0.15) is 38.2 Å². The molecule has 0 heterocycles. The van der Waals surface area contributed by atoms with Gasteiger partial charge in [0.25, 0.3) is 0 Å². The molecule has 1 rings (SSSR count). The predicted octanol–water partition coefficient (Wildman–Crippen LogP) is 2.58. The summed E-state index contributed by atoms with van der Waals surface area (Å²) in [7, 11) is 0. The van der Waals surface area contributed by atoms with E-state index in [0.717, 1.165) is 19.3 Å². The van der Waals surface area contributed by atoms with E-state index < -0.39 is 0 Å². The van der Waals surface area contributed by atoms with E-state index in [0.29, 0.717) is 17.8 Å². The molecule has 0 spiro atoms. The van der Waals surface area contributed by atoms with Gasteiger partial charge in [0.2, 0.25) is 5.91 Å². The molecular weight excluding hydrogens is 256 g/mol. The monoisotopic (exact) mass is 278 g/mol. The Hall–Kier alpha value is -1.42. The Bertz CT molecular complexity index is 406. The van der Waals surface area contributed by atoms with Crippen LogP contribution >= 0.6 is 12.2 Å². The van der Waals surface area contributed by atoms with E-state index >= 15 is 0 Å². The molecule has 0 radical (unpaired) electrons. The SMILES string of the molecule is CCC(CC(N)=S)NC(=O)CCCc1ccccc1. The lowest BCUT2D eigenvalue weighted by molar-refractivity contribution is -0.121. The third kappa shape index (κ3) is 6.91. The van der Waals surface area contributed by atoms with Gasteiger partial charge in [-0.05, 0) is 24.8 Å². The molecule has 1 aromatic rings. The number of rotatable bonds is 8. The predicted molar refractivity (Wildman–Crippen MR) is 83.0 cm³/mol. The van der Waals surface area contributed by atoms with Gasteiger partial charge in [-0.2, -0.15) is 0 Å². The molecule has 1 atom stereocenters. The summed E-state index contributed by atoms with van der Waals surface area (Å²) in [5, 5.41) is 2.98. The van der Waals surface area contributed by atoms with Crippen molar-refractivity contribution in [2.24, 2.45) is 5.73 Å². The Kier molecular flexibility index (Phi) is 7.11. The van der Waals surface area contributed by atoms with Crippen molar-refractivity contribution in [3.8, 4) is 0 Å². The average Bonchev–Trinajstić information content (AvgIpc) is 2.38. The normalized spacial score (nSPS) is 11.8. The summed E-state index contributed by atoms with van der Waals surface area (Å²) in [4.78, 5) is 12.2. The maximum Gasteiger partial charge on any atom is 0.220 e. The fourth-order valence-electron chi connectivity index (χ4n) is 1.94. The Labute approximate surface area is 120 Å². The van der Waals surface area contributed by atoms with Gasteiger partial charge in [0.1, 0.15) is 0 Å². The van der Waals surface area contributed by atoms with Crippen molar-refractivity contribution in [1.29, 1.82) is 0 Å². The maximum atomic E-state index is 11.8. The molecule has 0 bridgehead atoms. The summed E-state index contributed by atoms with van der Waals surface area (Å²) in [6.45, 7) is 2.02. The highest BCUT2D eigenvalue weighted by atomic mass is 32.1. The average molecular weight is 278 g/mol. The zero-order valence-electron chi connectivity index (χ0n) is 11.4. The largest absolute Gasteiger partial charge is 0.393 e. The summed E-state index contributed by atoms with van der Waals surface area (Å²) < 4.78 is 0. The molecule has 19 heavy (non-hydrogen) atoms. The summed E-state index contributed by atoms with van der Waals surface area (Å²) in [5.74, 6) is 0.0824. The Morgan fingerprint density at radius 3 is 2.63 bits per heavy atom. The van der Waals surface area contributed by atoms with Gasteiger partial charge in [-0.25, -0.2) is 0 Å². The first-order valence-corrected chi connectivity index (χ1v) is 7.14. The highest BCUT2D eigenvalue weighted by Gasteiger charge is 2.11. The van der Waals surface area contributed by atoms with Crippen LogP contribution in [0.3, 0.4) is 0 Å². The zero-order valence-corrected chi connectivity index (χ0v) is 12.2. The molecule has 0 aromatic heterocycles. The van der Waals surface area contributed by atoms with Crippen LogP contribution in [-0.2, 0) is 11.2 Å². The van der Waals surface area contributed by atoms with Crippen LogP contribution in [0.25, 0.3) is 0 Å². The molecule has 4 heteroatoms. The van der Waals surface area contributed by atoms with Crippen LogP contribution in [0.2, 0.25) is 0 Å². The molecule has 0 aliphatic heterocycles. The van der Waals surface area contributed by atoms with Crippen LogP contribution in [0.15, 0.2) is 30.3 Å². The van der Waals surface area contributed by atoms with Crippen LogP contribution in [0.5, 0.6) is 0 Å². The highest BCUT2D eigenvalue weighted by Crippen LogP contribution is 2.05. The van der Waals surface area contributed by atoms with Crippen molar-refractivity contribution < 1.29 is 4.79 Å². The minimum atomic E-state index is 0.0710. The molecule has 3 nitrogen and oxygen atoms in total. The lowest BCUT2D eigenvalue weighted by atomic mass is 10.1. The van der Waals surface area contributed by atoms with Gasteiger partial charge >= 0.3 is 0 Å². The van der Waals surface area contributed by atoms with E-state index in [9.17, 15) is 4.79 Å². The number of benzene rings is 1. The number of carbonyl (C=O) groups is 1. The van der Waals surface area contributed by atoms with Gasteiger partial charge < -0.3 is 11.1 Å². The molecule has 0 aliphatic carbocycles. The topological polar surface area (TPSA) is 55.1 Å². The van der Waals surface area contributed by atoms with Crippen LogP contribution in [0.4, 0.5) is 0 Å². The van der Waals surface area contributed by atoms with Crippen molar-refractivity contribution in [3.05, 3.63) is 35.9 Å². The number of nitrogens with one attached hydrogen (secondary N) is 1. The van der Waals surface area contributed by atoms with E-state index in [1.165, 1.54) is 5.56 Å². The van der Waals surface area contributed by atoms with Crippen molar-refractivity contribution in [2.75, 3.05) is 0 Å². The van der Waals surface area contributed by atoms with Crippen molar-refractivity contribution in [3.63, 3.8) is 0 Å². The molecular formula is C15H22N2OS. The number of hydrogen-bond acceptors (Lipinski definition) is 2. The fraction of sp³-hybridized carbons (Fsp3) is 0.467. The van der Waals surface area contributed by atoms with Crippen LogP contribution in [-0.4, -0.2) is 16.9 Å². The zero-order chi connectivity index (χ0) is 14.1. The summed E-state index contributed by atoms with van der Waals surface area (Å²) in [6.07, 6.45) is 3.76. The molecule has 3 N–H and O–H groups in total. The third-order valence-electron chi connectivity index (χ3n) is 3.02. The van der Waals surface area contributed by atoms with Crippen LogP contribution < -0.4 is 11.1 Å². The smallest absolute Gasteiger partial charge is 0.220 e. The molecule has 0 aliphatic rings. The second-order valence-corrected chi connectivity index (χ2v) is 5.21. The maximum absolute atomic E-state index is 11.8. The van der Waals surface area contributed by atoms with Gasteiger partial charge in [-0.15, -0.1) is 0 Å². The molecule has 0 saturated carbocycles.